The fraction of sp³-hybridized carbons (Fsp3) is 0.407. The van der Waals surface area contributed by atoms with Gasteiger partial charge in [0.05, 0.1) is 18.5 Å². The Bertz CT molecular complexity index is 1260. The summed E-state index contributed by atoms with van der Waals surface area (Å²) in [6, 6.07) is 10.9. The van der Waals surface area contributed by atoms with Crippen LogP contribution in [0.5, 0.6) is 5.75 Å². The zero-order valence-electron chi connectivity index (χ0n) is 21.9. The van der Waals surface area contributed by atoms with Gasteiger partial charge in [0.1, 0.15) is 0 Å². The van der Waals surface area contributed by atoms with Gasteiger partial charge < -0.3 is 9.16 Å². The van der Waals surface area contributed by atoms with Gasteiger partial charge in [0, 0.05) is 29.1 Å². The number of hydrogen-bond acceptors (Lipinski definition) is 5. The number of rotatable bonds is 9. The summed E-state index contributed by atoms with van der Waals surface area (Å²) in [7, 11) is -1.94. The molecule has 0 N–H and O–H groups in total. The lowest BCUT2D eigenvalue weighted by atomic mass is 10.1. The Morgan fingerprint density at radius 2 is 1.75 bits per heavy atom. The number of aromatic nitrogens is 2. The summed E-state index contributed by atoms with van der Waals surface area (Å²) in [5.41, 5.74) is 0.868. The van der Waals surface area contributed by atoms with E-state index in [0.29, 0.717) is 12.0 Å². The maximum atomic E-state index is 13.9. The molecule has 5 nitrogen and oxygen atoms in total. The Morgan fingerprint density at radius 1 is 1.08 bits per heavy atom. The largest absolute Gasteiger partial charge is 0.487 e. The molecule has 2 aromatic carbocycles. The summed E-state index contributed by atoms with van der Waals surface area (Å²) in [4.78, 5) is 14.5. The van der Waals surface area contributed by atoms with Crippen LogP contribution in [-0.2, 0) is 4.43 Å². The summed E-state index contributed by atoms with van der Waals surface area (Å²) in [6.07, 6.45) is 4.04. The molecule has 0 unspecified atom stereocenters. The molecule has 0 amide bonds. The number of halogens is 2. The molecule has 0 saturated carbocycles. The van der Waals surface area contributed by atoms with E-state index in [1.165, 1.54) is 12.3 Å². The molecule has 0 fully saturated rings. The average molecular weight is 533 g/mol. The van der Waals surface area contributed by atoms with Crippen LogP contribution in [-0.4, -0.2) is 37.1 Å². The first kappa shape index (κ1) is 28.1. The Balaban J connectivity index is 1.92. The van der Waals surface area contributed by atoms with Crippen molar-refractivity contribution in [3.63, 3.8) is 0 Å². The summed E-state index contributed by atoms with van der Waals surface area (Å²) in [5, 5.41) is 4.31. The second-order valence-electron chi connectivity index (χ2n) is 10.3. The van der Waals surface area contributed by atoms with Crippen LogP contribution in [0.2, 0.25) is 18.1 Å². The summed E-state index contributed by atoms with van der Waals surface area (Å²) < 4.78 is 40.8. The molecule has 3 aromatic rings. The average Bonchev–Trinajstić information content (AvgIpc) is 2.81. The highest BCUT2D eigenvalue weighted by atomic mass is 32.2. The number of nitrogens with zero attached hydrogens (tertiary/aromatic N) is 2. The van der Waals surface area contributed by atoms with E-state index < -0.39 is 25.5 Å². The van der Waals surface area contributed by atoms with Gasteiger partial charge in [0.2, 0.25) is 0 Å². The van der Waals surface area contributed by atoms with Crippen LogP contribution in [0.15, 0.2) is 58.4 Å². The van der Waals surface area contributed by atoms with Crippen LogP contribution in [0.4, 0.5) is 8.78 Å². The van der Waals surface area contributed by atoms with Crippen molar-refractivity contribution in [1.82, 2.24) is 9.78 Å². The second-order valence-corrected chi connectivity index (χ2v) is 15.9. The molecule has 0 aliphatic carbocycles. The fourth-order valence-corrected chi connectivity index (χ4v) is 5.31. The normalized spacial score (nSPS) is 13.0. The first-order valence-electron chi connectivity index (χ1n) is 11.9. The van der Waals surface area contributed by atoms with Gasteiger partial charge in [-0.1, -0.05) is 32.9 Å². The van der Waals surface area contributed by atoms with Gasteiger partial charge in [0.25, 0.3) is 0 Å². The van der Waals surface area contributed by atoms with Gasteiger partial charge in [-0.2, -0.15) is 9.78 Å². The molecule has 1 atom stereocenters. The van der Waals surface area contributed by atoms with Crippen LogP contribution in [0, 0.1) is 11.6 Å². The van der Waals surface area contributed by atoms with Gasteiger partial charge in [-0.05, 0) is 61.1 Å². The molecule has 1 heterocycles. The molecule has 0 aliphatic rings. The molecule has 0 bridgehead atoms. The number of ether oxygens (including phenoxy) is 1. The minimum Gasteiger partial charge on any atom is -0.487 e. The van der Waals surface area contributed by atoms with Crippen LogP contribution in [0.1, 0.15) is 34.1 Å². The lowest BCUT2D eigenvalue weighted by Gasteiger charge is -2.38. The molecule has 0 aliphatic heterocycles. The third-order valence-corrected chi connectivity index (χ3v) is 11.9. The standard InChI is InChI=1S/C27H34F2N2O3SSi/c1-18(34-36(6,7)27(2,3)4)14-15-33-25-22(19-8-11-21(35-5)12-9-19)17-30-31(26(25)32)20-10-13-23(28)24(29)16-20/h8-13,16-18H,14-15H2,1-7H3/t18-/m1/s1. The van der Waals surface area contributed by atoms with Crippen molar-refractivity contribution >= 4 is 20.1 Å². The molecule has 9 heteroatoms. The molecular weight excluding hydrogens is 498 g/mol. The van der Waals surface area contributed by atoms with E-state index in [2.05, 4.69) is 39.0 Å². The SMILES string of the molecule is CSc1ccc(-c2cnn(-c3ccc(F)c(F)c3)c(=O)c2OCC[C@@H](C)O[Si](C)(C)C(C)(C)C)cc1. The van der Waals surface area contributed by atoms with Crippen molar-refractivity contribution in [2.75, 3.05) is 12.9 Å². The predicted molar refractivity (Wildman–Crippen MR) is 145 cm³/mol. The molecule has 1 aromatic heterocycles. The highest BCUT2D eigenvalue weighted by Gasteiger charge is 2.38. The quantitative estimate of drug-likeness (QED) is 0.218. The summed E-state index contributed by atoms with van der Waals surface area (Å²) >= 11 is 1.62. The lowest BCUT2D eigenvalue weighted by molar-refractivity contribution is 0.160. The third-order valence-electron chi connectivity index (χ3n) is 6.56. The molecular formula is C27H34F2N2O3SSi. The topological polar surface area (TPSA) is 53.4 Å². The smallest absolute Gasteiger partial charge is 0.314 e. The van der Waals surface area contributed by atoms with Gasteiger partial charge in [-0.3, -0.25) is 4.79 Å². The van der Waals surface area contributed by atoms with E-state index in [1.807, 2.05) is 37.4 Å². The van der Waals surface area contributed by atoms with Crippen molar-refractivity contribution < 1.29 is 17.9 Å². The van der Waals surface area contributed by atoms with Crippen molar-refractivity contribution in [3.05, 3.63) is 70.6 Å². The van der Waals surface area contributed by atoms with Crippen molar-refractivity contribution in [1.29, 1.82) is 0 Å². The van der Waals surface area contributed by atoms with Crippen LogP contribution in [0.3, 0.4) is 0 Å². The molecule has 194 valence electrons. The first-order valence-corrected chi connectivity index (χ1v) is 16.0. The second kappa shape index (κ2) is 11.3. The first-order chi connectivity index (χ1) is 16.8. The Kier molecular flexibility index (Phi) is 8.79. The molecule has 0 saturated heterocycles. The van der Waals surface area contributed by atoms with Crippen LogP contribution >= 0.6 is 11.8 Å². The van der Waals surface area contributed by atoms with E-state index in [1.54, 1.807) is 11.8 Å². The van der Waals surface area contributed by atoms with Crippen molar-refractivity contribution in [2.24, 2.45) is 0 Å². The van der Waals surface area contributed by atoms with Gasteiger partial charge in [-0.25, -0.2) is 8.78 Å². The molecule has 3 rings (SSSR count). The molecule has 0 radical (unpaired) electrons. The summed E-state index contributed by atoms with van der Waals surface area (Å²) in [5.74, 6) is -1.95. The van der Waals surface area contributed by atoms with Crippen molar-refractivity contribution in [2.45, 2.75) is 63.2 Å². The Labute approximate surface area is 217 Å². The van der Waals surface area contributed by atoms with Gasteiger partial charge in [-0.15, -0.1) is 11.8 Å². The number of thioether (sulfide) groups is 1. The number of benzene rings is 2. The van der Waals surface area contributed by atoms with Crippen LogP contribution < -0.4 is 10.3 Å². The fourth-order valence-electron chi connectivity index (χ4n) is 3.42. The maximum absolute atomic E-state index is 13.9. The summed E-state index contributed by atoms with van der Waals surface area (Å²) in [6.45, 7) is 13.2. The van der Waals surface area contributed by atoms with E-state index >= 15 is 0 Å². The predicted octanol–water partition coefficient (Wildman–Crippen LogP) is 7.08. The minimum absolute atomic E-state index is 0.0505. The van der Waals surface area contributed by atoms with Gasteiger partial charge in [0.15, 0.2) is 25.7 Å². The van der Waals surface area contributed by atoms with Gasteiger partial charge >= 0.3 is 5.56 Å². The minimum atomic E-state index is -1.94. The Morgan fingerprint density at radius 3 is 2.33 bits per heavy atom. The molecule has 36 heavy (non-hydrogen) atoms. The molecule has 0 spiro atoms. The monoisotopic (exact) mass is 532 g/mol. The third kappa shape index (κ3) is 6.43. The van der Waals surface area contributed by atoms with E-state index in [0.717, 1.165) is 27.3 Å². The lowest BCUT2D eigenvalue weighted by Crippen LogP contribution is -2.43. The highest BCUT2D eigenvalue weighted by Crippen LogP contribution is 2.37. The van der Waals surface area contributed by atoms with E-state index in [9.17, 15) is 13.6 Å². The van der Waals surface area contributed by atoms with Crippen LogP contribution in [0.25, 0.3) is 16.8 Å². The van der Waals surface area contributed by atoms with E-state index in [-0.39, 0.29) is 29.2 Å². The zero-order chi connectivity index (χ0) is 26.7. The van der Waals surface area contributed by atoms with Crippen molar-refractivity contribution in [3.8, 4) is 22.6 Å². The maximum Gasteiger partial charge on any atom is 0.314 e. The highest BCUT2D eigenvalue weighted by molar-refractivity contribution is 7.98. The number of hydrogen-bond donors (Lipinski definition) is 0. The van der Waals surface area contributed by atoms with E-state index in [4.69, 9.17) is 9.16 Å². The zero-order valence-corrected chi connectivity index (χ0v) is 23.7. The Hall–Kier alpha value is -2.49.